The number of nitrogens with two attached hydrogens (primary N) is 1. The first-order chi connectivity index (χ1) is 13.5. The molecule has 0 aromatic heterocycles. The molecule has 1 saturated heterocycles. The summed E-state index contributed by atoms with van der Waals surface area (Å²) in [6, 6.07) is 12.0. The van der Waals surface area contributed by atoms with Gasteiger partial charge in [0.25, 0.3) is 5.91 Å². The van der Waals surface area contributed by atoms with Crippen LogP contribution in [0.2, 0.25) is 0 Å². The third-order valence-electron chi connectivity index (χ3n) is 5.57. The number of amides is 1. The van der Waals surface area contributed by atoms with E-state index in [1.807, 2.05) is 18.2 Å². The van der Waals surface area contributed by atoms with Crippen LogP contribution in [0.5, 0.6) is 0 Å². The van der Waals surface area contributed by atoms with Crippen LogP contribution in [-0.4, -0.2) is 38.3 Å². The van der Waals surface area contributed by atoms with Crippen molar-refractivity contribution in [1.29, 1.82) is 0 Å². The van der Waals surface area contributed by atoms with Crippen molar-refractivity contribution in [3.05, 3.63) is 53.6 Å². The topological polar surface area (TPSA) is 83.7 Å². The van der Waals surface area contributed by atoms with Crippen LogP contribution in [0.3, 0.4) is 0 Å². The summed E-state index contributed by atoms with van der Waals surface area (Å²) < 4.78 is 27.5. The number of fused-ring (bicyclic) bond motifs is 1. The quantitative estimate of drug-likeness (QED) is 0.804. The SMILES string of the molecule is Nc1cccc2c1CCCN2C(=O)c1cccc(S(=O)(=O)N2CCCCC2)c1. The number of rotatable bonds is 3. The summed E-state index contributed by atoms with van der Waals surface area (Å²) in [6.45, 7) is 1.68. The van der Waals surface area contributed by atoms with Crippen LogP contribution in [0, 0.1) is 0 Å². The third kappa shape index (κ3) is 3.40. The molecule has 7 heteroatoms. The fourth-order valence-electron chi connectivity index (χ4n) is 4.06. The summed E-state index contributed by atoms with van der Waals surface area (Å²) >= 11 is 0. The molecular formula is C21H25N3O3S. The second-order valence-corrected chi connectivity index (χ2v) is 9.34. The molecule has 0 saturated carbocycles. The predicted octanol–water partition coefficient (Wildman–Crippen LogP) is 3.04. The van der Waals surface area contributed by atoms with Gasteiger partial charge in [-0.15, -0.1) is 0 Å². The Hall–Kier alpha value is -2.38. The van der Waals surface area contributed by atoms with E-state index in [1.165, 1.54) is 10.4 Å². The first-order valence-corrected chi connectivity index (χ1v) is 11.2. The van der Waals surface area contributed by atoms with Crippen molar-refractivity contribution in [2.75, 3.05) is 30.3 Å². The average molecular weight is 400 g/mol. The van der Waals surface area contributed by atoms with Gasteiger partial charge in [-0.25, -0.2) is 8.42 Å². The third-order valence-corrected chi connectivity index (χ3v) is 7.46. The van der Waals surface area contributed by atoms with Crippen LogP contribution in [0.15, 0.2) is 47.4 Å². The molecule has 0 atom stereocenters. The second-order valence-electron chi connectivity index (χ2n) is 7.40. The summed E-state index contributed by atoms with van der Waals surface area (Å²) in [7, 11) is -3.57. The summed E-state index contributed by atoms with van der Waals surface area (Å²) in [5.74, 6) is -0.192. The smallest absolute Gasteiger partial charge is 0.258 e. The maximum atomic E-state index is 13.2. The van der Waals surface area contributed by atoms with Crippen molar-refractivity contribution in [2.24, 2.45) is 0 Å². The van der Waals surface area contributed by atoms with Gasteiger partial charge in [-0.2, -0.15) is 4.31 Å². The Balaban J connectivity index is 1.66. The first-order valence-electron chi connectivity index (χ1n) is 9.78. The molecule has 2 aromatic carbocycles. The zero-order valence-electron chi connectivity index (χ0n) is 15.8. The molecule has 2 aliphatic rings. The minimum Gasteiger partial charge on any atom is -0.398 e. The van der Waals surface area contributed by atoms with Crippen molar-refractivity contribution < 1.29 is 13.2 Å². The molecule has 6 nitrogen and oxygen atoms in total. The summed E-state index contributed by atoms with van der Waals surface area (Å²) in [4.78, 5) is 15.1. The zero-order chi connectivity index (χ0) is 19.7. The Kier molecular flexibility index (Phi) is 5.12. The Morgan fingerprint density at radius 3 is 2.46 bits per heavy atom. The van der Waals surface area contributed by atoms with Gasteiger partial charge in [0, 0.05) is 36.6 Å². The van der Waals surface area contributed by atoms with E-state index in [2.05, 4.69) is 0 Å². The van der Waals surface area contributed by atoms with Crippen molar-refractivity contribution in [2.45, 2.75) is 37.0 Å². The number of piperidine rings is 1. The number of nitrogens with zero attached hydrogens (tertiary/aromatic N) is 2. The van der Waals surface area contributed by atoms with Crippen LogP contribution in [0.1, 0.15) is 41.6 Å². The fraction of sp³-hybridized carbons (Fsp3) is 0.381. The Morgan fingerprint density at radius 1 is 0.929 bits per heavy atom. The highest BCUT2D eigenvalue weighted by molar-refractivity contribution is 7.89. The van der Waals surface area contributed by atoms with E-state index in [1.54, 1.807) is 23.1 Å². The van der Waals surface area contributed by atoms with Crippen LogP contribution in [0.4, 0.5) is 11.4 Å². The van der Waals surface area contributed by atoms with Gasteiger partial charge in [0.15, 0.2) is 0 Å². The molecule has 2 heterocycles. The number of carbonyl (C=O) groups is 1. The normalized spacial score (nSPS) is 17.9. The van der Waals surface area contributed by atoms with E-state index in [-0.39, 0.29) is 10.8 Å². The van der Waals surface area contributed by atoms with Gasteiger partial charge in [0.2, 0.25) is 10.0 Å². The molecule has 0 radical (unpaired) electrons. The van der Waals surface area contributed by atoms with Gasteiger partial charge in [0.1, 0.15) is 0 Å². The van der Waals surface area contributed by atoms with E-state index in [4.69, 9.17) is 5.73 Å². The number of anilines is 2. The van der Waals surface area contributed by atoms with Crippen LogP contribution < -0.4 is 10.6 Å². The first kappa shape index (κ1) is 19.0. The highest BCUT2D eigenvalue weighted by atomic mass is 32.2. The molecule has 2 aliphatic heterocycles. The van der Waals surface area contributed by atoms with E-state index in [0.717, 1.165) is 43.4 Å². The van der Waals surface area contributed by atoms with Gasteiger partial charge in [-0.05, 0) is 61.6 Å². The van der Waals surface area contributed by atoms with Gasteiger partial charge in [-0.3, -0.25) is 4.79 Å². The van der Waals surface area contributed by atoms with Crippen molar-refractivity contribution in [3.8, 4) is 0 Å². The maximum absolute atomic E-state index is 13.2. The van der Waals surface area contributed by atoms with Gasteiger partial charge >= 0.3 is 0 Å². The summed E-state index contributed by atoms with van der Waals surface area (Å²) in [6.07, 6.45) is 4.49. The molecule has 0 aliphatic carbocycles. The number of nitrogen functional groups attached to an aromatic ring is 1. The Bertz CT molecular complexity index is 998. The molecule has 1 fully saturated rings. The van der Waals surface area contributed by atoms with Gasteiger partial charge < -0.3 is 10.6 Å². The lowest BCUT2D eigenvalue weighted by atomic mass is 9.99. The lowest BCUT2D eigenvalue weighted by molar-refractivity contribution is 0.0985. The fourth-order valence-corrected chi connectivity index (χ4v) is 5.63. The van der Waals surface area contributed by atoms with Crippen molar-refractivity contribution in [3.63, 3.8) is 0 Å². The number of carbonyl (C=O) groups excluding carboxylic acids is 1. The highest BCUT2D eigenvalue weighted by Gasteiger charge is 2.28. The molecule has 1 amide bonds. The zero-order valence-corrected chi connectivity index (χ0v) is 16.6. The van der Waals surface area contributed by atoms with E-state index in [0.29, 0.717) is 30.9 Å². The predicted molar refractivity (Wildman–Crippen MR) is 110 cm³/mol. The molecule has 0 bridgehead atoms. The minimum absolute atomic E-state index is 0.185. The monoisotopic (exact) mass is 399 g/mol. The molecule has 4 rings (SSSR count). The molecule has 0 spiro atoms. The minimum atomic E-state index is -3.57. The Labute approximate surface area is 166 Å². The largest absolute Gasteiger partial charge is 0.398 e. The summed E-state index contributed by atoms with van der Waals surface area (Å²) in [5.41, 5.74) is 8.96. The number of benzene rings is 2. The Morgan fingerprint density at radius 2 is 1.68 bits per heavy atom. The van der Waals surface area contributed by atoms with E-state index >= 15 is 0 Å². The number of hydrogen-bond donors (Lipinski definition) is 1. The lowest BCUT2D eigenvalue weighted by Crippen LogP contribution is -2.37. The van der Waals surface area contributed by atoms with Crippen LogP contribution >= 0.6 is 0 Å². The van der Waals surface area contributed by atoms with Crippen molar-refractivity contribution >= 4 is 27.3 Å². The number of sulfonamides is 1. The van der Waals surface area contributed by atoms with Crippen molar-refractivity contribution in [1.82, 2.24) is 4.31 Å². The molecule has 0 unspecified atom stereocenters. The van der Waals surface area contributed by atoms with E-state index in [9.17, 15) is 13.2 Å². The van der Waals surface area contributed by atoms with Gasteiger partial charge in [0.05, 0.1) is 4.90 Å². The highest BCUT2D eigenvalue weighted by Crippen LogP contribution is 2.32. The lowest BCUT2D eigenvalue weighted by Gasteiger charge is -2.30. The number of hydrogen-bond acceptors (Lipinski definition) is 4. The van der Waals surface area contributed by atoms with Crippen LogP contribution in [-0.2, 0) is 16.4 Å². The van der Waals surface area contributed by atoms with E-state index < -0.39 is 10.0 Å². The molecule has 2 N–H and O–H groups in total. The molecule has 148 valence electrons. The van der Waals surface area contributed by atoms with Gasteiger partial charge in [-0.1, -0.05) is 18.6 Å². The standard InChI is InChI=1S/C21H25N3O3S/c22-19-10-5-11-20-18(19)9-6-14-24(20)21(25)16-7-4-8-17(15-16)28(26,27)23-12-2-1-3-13-23/h4-5,7-8,10-11,15H,1-3,6,9,12-14,22H2. The average Bonchev–Trinajstić information content (AvgIpc) is 2.74. The van der Waals surface area contributed by atoms with Crippen LogP contribution in [0.25, 0.3) is 0 Å². The molecule has 2 aromatic rings. The summed E-state index contributed by atoms with van der Waals surface area (Å²) in [5, 5.41) is 0. The second kappa shape index (κ2) is 7.56. The molecule has 28 heavy (non-hydrogen) atoms. The maximum Gasteiger partial charge on any atom is 0.258 e. The molecular weight excluding hydrogens is 374 g/mol.